The SMILES string of the molecule is C#Cc1cc(C=O)cc(CN2CCC(NC(=O)c3ccnc4nc(C5CCOCC5)[nH]c34)CC2)c1.O=C(O)C(F)(F)F. The number of imidazole rings is 1. The Kier molecular flexibility index (Phi) is 9.92. The van der Waals surface area contributed by atoms with Gasteiger partial charge in [0.15, 0.2) is 5.65 Å². The first-order valence-electron chi connectivity index (χ1n) is 13.4. The van der Waals surface area contributed by atoms with Crippen molar-refractivity contribution in [2.75, 3.05) is 26.3 Å². The van der Waals surface area contributed by atoms with Crippen molar-refractivity contribution in [1.82, 2.24) is 25.2 Å². The van der Waals surface area contributed by atoms with E-state index < -0.39 is 12.1 Å². The standard InChI is InChI=1S/C27H29N5O3.C2HF3O2/c1-2-18-13-19(15-20(14-18)17-33)16-32-9-4-22(5-10-32)29-27(34)23-3-8-28-26-24(23)30-25(31-26)21-6-11-35-12-7-21;3-2(4,5)1(6)7/h1,3,8,13-15,17,21-22H,4-7,9-12,16H2,(H,29,34)(H,28,30,31);(H,6,7). The number of carbonyl (C=O) groups excluding carboxylic acids is 2. The minimum absolute atomic E-state index is 0.0995. The maximum atomic E-state index is 13.2. The van der Waals surface area contributed by atoms with Gasteiger partial charge in [0.25, 0.3) is 5.91 Å². The Morgan fingerprint density at radius 3 is 2.50 bits per heavy atom. The number of carboxylic acids is 1. The lowest BCUT2D eigenvalue weighted by Crippen LogP contribution is -2.44. The molecule has 0 bridgehead atoms. The summed E-state index contributed by atoms with van der Waals surface area (Å²) >= 11 is 0. The van der Waals surface area contributed by atoms with E-state index in [2.05, 4.69) is 31.1 Å². The summed E-state index contributed by atoms with van der Waals surface area (Å²) in [5, 5.41) is 10.3. The number of fused-ring (bicyclic) bond motifs is 1. The molecule has 0 saturated carbocycles. The highest BCUT2D eigenvalue weighted by atomic mass is 19.4. The van der Waals surface area contributed by atoms with Gasteiger partial charge < -0.3 is 20.1 Å². The zero-order valence-electron chi connectivity index (χ0n) is 22.6. The number of ether oxygens (including phenoxy) is 1. The van der Waals surface area contributed by atoms with Gasteiger partial charge in [0, 0.05) is 62.1 Å². The van der Waals surface area contributed by atoms with E-state index in [1.54, 1.807) is 18.3 Å². The number of rotatable bonds is 6. The monoisotopic (exact) mass is 585 g/mol. The van der Waals surface area contributed by atoms with Gasteiger partial charge in [-0.05, 0) is 55.5 Å². The number of terminal acetylenes is 1. The number of amides is 1. The number of pyridine rings is 1. The van der Waals surface area contributed by atoms with Crippen molar-refractivity contribution in [3.8, 4) is 12.3 Å². The number of hydrogen-bond acceptors (Lipinski definition) is 7. The molecule has 1 aromatic carbocycles. The molecule has 5 rings (SSSR count). The lowest BCUT2D eigenvalue weighted by atomic mass is 10.00. The number of alkyl halides is 3. The van der Waals surface area contributed by atoms with Crippen LogP contribution in [0, 0.1) is 12.3 Å². The lowest BCUT2D eigenvalue weighted by Gasteiger charge is -2.32. The number of aldehydes is 1. The molecular weight excluding hydrogens is 555 g/mol. The Balaban J connectivity index is 0.000000517. The van der Waals surface area contributed by atoms with Gasteiger partial charge in [-0.1, -0.05) is 5.92 Å². The highest BCUT2D eigenvalue weighted by Gasteiger charge is 2.38. The summed E-state index contributed by atoms with van der Waals surface area (Å²) in [5.41, 5.74) is 4.20. The number of likely N-dealkylation sites (tertiary alicyclic amines) is 1. The molecule has 42 heavy (non-hydrogen) atoms. The second-order valence-corrected chi connectivity index (χ2v) is 10.1. The highest BCUT2D eigenvalue weighted by molar-refractivity contribution is 6.04. The van der Waals surface area contributed by atoms with Gasteiger partial charge in [0.05, 0.1) is 11.1 Å². The Morgan fingerprint density at radius 2 is 1.88 bits per heavy atom. The summed E-state index contributed by atoms with van der Waals surface area (Å²) in [6, 6.07) is 7.41. The summed E-state index contributed by atoms with van der Waals surface area (Å²) in [6.45, 7) is 3.89. The molecule has 2 aliphatic heterocycles. The molecule has 4 heterocycles. The number of nitrogens with zero attached hydrogens (tertiary/aromatic N) is 3. The first-order valence-corrected chi connectivity index (χ1v) is 13.4. The Labute approximate surface area is 239 Å². The van der Waals surface area contributed by atoms with Gasteiger partial charge in [-0.3, -0.25) is 14.5 Å². The third-order valence-electron chi connectivity index (χ3n) is 7.15. The number of aliphatic carboxylic acids is 1. The normalized spacial score (nSPS) is 16.7. The van der Waals surface area contributed by atoms with Crippen molar-refractivity contribution in [2.24, 2.45) is 0 Å². The number of H-pyrrole nitrogens is 1. The Hall–Kier alpha value is -4.28. The zero-order chi connectivity index (χ0) is 30.3. The molecule has 2 aliphatic rings. The van der Waals surface area contributed by atoms with Crippen molar-refractivity contribution in [1.29, 1.82) is 0 Å². The van der Waals surface area contributed by atoms with Gasteiger partial charge in [-0.2, -0.15) is 13.2 Å². The van der Waals surface area contributed by atoms with E-state index in [4.69, 9.17) is 21.1 Å². The molecule has 10 nitrogen and oxygen atoms in total. The molecule has 0 aliphatic carbocycles. The second kappa shape index (κ2) is 13.6. The molecule has 3 N–H and O–H groups in total. The average molecular weight is 586 g/mol. The van der Waals surface area contributed by atoms with Crippen LogP contribution >= 0.6 is 0 Å². The lowest BCUT2D eigenvalue weighted by molar-refractivity contribution is -0.192. The van der Waals surface area contributed by atoms with Gasteiger partial charge in [0.1, 0.15) is 12.1 Å². The van der Waals surface area contributed by atoms with Crippen molar-refractivity contribution >= 4 is 29.3 Å². The second-order valence-electron chi connectivity index (χ2n) is 10.1. The highest BCUT2D eigenvalue weighted by Crippen LogP contribution is 2.27. The van der Waals surface area contributed by atoms with Crippen LogP contribution in [0.1, 0.15) is 69.3 Å². The minimum atomic E-state index is -5.08. The van der Waals surface area contributed by atoms with Crippen molar-refractivity contribution in [2.45, 2.75) is 50.4 Å². The number of carboxylic acid groups (broad SMARTS) is 1. The summed E-state index contributed by atoms with van der Waals surface area (Å²) in [7, 11) is 0. The maximum absolute atomic E-state index is 13.2. The predicted molar refractivity (Wildman–Crippen MR) is 146 cm³/mol. The molecule has 13 heteroatoms. The van der Waals surface area contributed by atoms with Crippen molar-refractivity contribution < 1.29 is 37.4 Å². The zero-order valence-corrected chi connectivity index (χ0v) is 22.6. The number of nitrogens with one attached hydrogen (secondary N) is 2. The summed E-state index contributed by atoms with van der Waals surface area (Å²) in [5.74, 6) is 0.948. The van der Waals surface area contributed by atoms with E-state index in [1.807, 2.05) is 12.1 Å². The van der Waals surface area contributed by atoms with Crippen LogP contribution in [0.5, 0.6) is 0 Å². The molecule has 3 aromatic rings. The van der Waals surface area contributed by atoms with Crippen LogP contribution in [-0.2, 0) is 16.1 Å². The first-order chi connectivity index (χ1) is 20.1. The van der Waals surface area contributed by atoms with Crippen LogP contribution in [0.15, 0.2) is 30.5 Å². The van der Waals surface area contributed by atoms with Crippen LogP contribution in [0.3, 0.4) is 0 Å². The van der Waals surface area contributed by atoms with Crippen LogP contribution in [0.25, 0.3) is 11.2 Å². The first kappa shape index (κ1) is 30.7. The van der Waals surface area contributed by atoms with Gasteiger partial charge >= 0.3 is 12.1 Å². The summed E-state index contributed by atoms with van der Waals surface area (Å²) in [6.07, 6.45) is 6.46. The van der Waals surface area contributed by atoms with Gasteiger partial charge in [-0.25, -0.2) is 14.8 Å². The number of aromatic nitrogens is 3. The largest absolute Gasteiger partial charge is 0.490 e. The number of piperidine rings is 1. The fourth-order valence-corrected chi connectivity index (χ4v) is 5.00. The van der Waals surface area contributed by atoms with Gasteiger partial charge in [-0.15, -0.1) is 6.42 Å². The van der Waals surface area contributed by atoms with Crippen LogP contribution < -0.4 is 5.32 Å². The number of carbonyl (C=O) groups is 3. The number of aromatic amines is 1. The summed E-state index contributed by atoms with van der Waals surface area (Å²) in [4.78, 5) is 48.0. The molecular formula is C29H30F3N5O5. The van der Waals surface area contributed by atoms with E-state index in [-0.39, 0.29) is 11.9 Å². The summed E-state index contributed by atoms with van der Waals surface area (Å²) < 4.78 is 37.2. The van der Waals surface area contributed by atoms with E-state index in [0.29, 0.717) is 33.8 Å². The molecule has 2 fully saturated rings. The molecule has 222 valence electrons. The average Bonchev–Trinajstić information content (AvgIpc) is 3.43. The molecule has 2 saturated heterocycles. The quantitative estimate of drug-likeness (QED) is 0.294. The molecule has 0 unspecified atom stereocenters. The third kappa shape index (κ3) is 7.92. The number of halogens is 3. The van der Waals surface area contributed by atoms with Crippen LogP contribution in [0.2, 0.25) is 0 Å². The number of benzene rings is 1. The van der Waals surface area contributed by atoms with E-state index >= 15 is 0 Å². The van der Waals surface area contributed by atoms with Crippen LogP contribution in [0.4, 0.5) is 13.2 Å². The Morgan fingerprint density at radius 1 is 1.19 bits per heavy atom. The minimum Gasteiger partial charge on any atom is -0.475 e. The van der Waals surface area contributed by atoms with Gasteiger partial charge in [0.2, 0.25) is 0 Å². The van der Waals surface area contributed by atoms with E-state index in [9.17, 15) is 22.8 Å². The van der Waals surface area contributed by atoms with Crippen molar-refractivity contribution in [3.63, 3.8) is 0 Å². The smallest absolute Gasteiger partial charge is 0.475 e. The number of hydrogen-bond donors (Lipinski definition) is 3. The van der Waals surface area contributed by atoms with E-state index in [1.165, 1.54) is 0 Å². The predicted octanol–water partition coefficient (Wildman–Crippen LogP) is 3.67. The molecule has 0 spiro atoms. The Bertz CT molecular complexity index is 1470. The molecule has 1 amide bonds. The fraction of sp³-hybridized carbons (Fsp3) is 0.414. The third-order valence-corrected chi connectivity index (χ3v) is 7.15. The fourth-order valence-electron chi connectivity index (χ4n) is 5.00. The maximum Gasteiger partial charge on any atom is 0.490 e. The van der Waals surface area contributed by atoms with Crippen LogP contribution in [-0.4, -0.2) is 81.6 Å². The molecule has 2 aromatic heterocycles. The molecule has 0 radical (unpaired) electrons. The van der Waals surface area contributed by atoms with Crippen molar-refractivity contribution in [3.05, 3.63) is 58.5 Å². The molecule has 0 atom stereocenters. The van der Waals surface area contributed by atoms with E-state index in [0.717, 1.165) is 76.2 Å². The topological polar surface area (TPSA) is 138 Å².